The molecule has 0 aromatic carbocycles. The van der Waals surface area contributed by atoms with Crippen LogP contribution in [0.5, 0.6) is 0 Å². The molecule has 1 amide bonds. The Kier molecular flexibility index (Phi) is 5.40. The van der Waals surface area contributed by atoms with Gasteiger partial charge in [0.05, 0.1) is 6.61 Å². The standard InChI is InChI=1S/C14H20F2N4O5/c1-6(2)9(11(17)23)18-8-3-4-20(13(24)19-8)12-14(15,16)10(22)7(5-21)25-12/h3-4,6-7,9-10,12,21-22H,5H2,1-2H3,(H2,17,23)(H,18,19,24)/t7-,9+,10-,12-/m1/s1. The van der Waals surface area contributed by atoms with E-state index in [1.807, 2.05) is 0 Å². The number of rotatable bonds is 6. The maximum atomic E-state index is 14.1. The van der Waals surface area contributed by atoms with Gasteiger partial charge in [-0.25, -0.2) is 4.79 Å². The summed E-state index contributed by atoms with van der Waals surface area (Å²) < 4.78 is 33.5. The fourth-order valence-corrected chi connectivity index (χ4v) is 2.52. The van der Waals surface area contributed by atoms with E-state index in [4.69, 9.17) is 15.6 Å². The maximum absolute atomic E-state index is 14.1. The fourth-order valence-electron chi connectivity index (χ4n) is 2.52. The molecule has 140 valence electrons. The topological polar surface area (TPSA) is 140 Å². The maximum Gasteiger partial charge on any atom is 0.351 e. The van der Waals surface area contributed by atoms with E-state index in [1.165, 1.54) is 6.07 Å². The van der Waals surface area contributed by atoms with Crippen LogP contribution in [0.2, 0.25) is 0 Å². The lowest BCUT2D eigenvalue weighted by molar-refractivity contribution is -0.140. The minimum atomic E-state index is -3.79. The first-order chi connectivity index (χ1) is 11.6. The summed E-state index contributed by atoms with van der Waals surface area (Å²) in [6, 6.07) is 0.408. The molecule has 1 fully saturated rings. The molecule has 0 saturated carbocycles. The van der Waals surface area contributed by atoms with Gasteiger partial charge in [-0.1, -0.05) is 13.8 Å². The molecule has 0 bridgehead atoms. The van der Waals surface area contributed by atoms with E-state index >= 15 is 0 Å². The molecule has 1 aliphatic heterocycles. The Morgan fingerprint density at radius 3 is 2.64 bits per heavy atom. The third kappa shape index (κ3) is 3.62. The summed E-state index contributed by atoms with van der Waals surface area (Å²) in [5.41, 5.74) is 4.17. The predicted molar refractivity (Wildman–Crippen MR) is 81.9 cm³/mol. The quantitative estimate of drug-likeness (QED) is 0.511. The molecular weight excluding hydrogens is 342 g/mol. The number of hydrogen-bond donors (Lipinski definition) is 4. The third-order valence-electron chi connectivity index (χ3n) is 3.92. The normalized spacial score (nSPS) is 26.6. The summed E-state index contributed by atoms with van der Waals surface area (Å²) in [6.07, 6.45) is -4.89. The van der Waals surface area contributed by atoms with E-state index in [2.05, 4.69) is 10.3 Å². The molecule has 1 aromatic heterocycles. The number of nitrogens with zero attached hydrogens (tertiary/aromatic N) is 2. The number of alkyl halides is 2. The number of aliphatic hydroxyl groups is 2. The number of carbonyl (C=O) groups excluding carboxylic acids is 1. The average Bonchev–Trinajstić information content (AvgIpc) is 2.75. The molecule has 1 saturated heterocycles. The Bertz CT molecular complexity index is 696. The van der Waals surface area contributed by atoms with Crippen LogP contribution in [0.4, 0.5) is 14.6 Å². The highest BCUT2D eigenvalue weighted by molar-refractivity contribution is 5.82. The lowest BCUT2D eigenvalue weighted by Gasteiger charge is -2.22. The SMILES string of the molecule is CC(C)[C@H](Nc1ccn([C@@H]2O[C@H](CO)[C@@H](O)C2(F)F)c(=O)n1)C(N)=O. The molecule has 0 unspecified atom stereocenters. The van der Waals surface area contributed by atoms with E-state index in [-0.39, 0.29) is 11.7 Å². The highest BCUT2D eigenvalue weighted by Crippen LogP contribution is 2.41. The summed E-state index contributed by atoms with van der Waals surface area (Å²) in [7, 11) is 0. The highest BCUT2D eigenvalue weighted by atomic mass is 19.3. The Balaban J connectivity index is 2.28. The third-order valence-corrected chi connectivity index (χ3v) is 3.92. The number of ether oxygens (including phenoxy) is 1. The summed E-state index contributed by atoms with van der Waals surface area (Å²) >= 11 is 0. The number of amides is 1. The number of hydrogen-bond acceptors (Lipinski definition) is 7. The van der Waals surface area contributed by atoms with E-state index in [0.717, 1.165) is 6.20 Å². The van der Waals surface area contributed by atoms with Gasteiger partial charge in [-0.3, -0.25) is 9.36 Å². The lowest BCUT2D eigenvalue weighted by atomic mass is 10.0. The zero-order valence-corrected chi connectivity index (χ0v) is 13.6. The van der Waals surface area contributed by atoms with Gasteiger partial charge < -0.3 is 26.0 Å². The van der Waals surface area contributed by atoms with Gasteiger partial charge in [0.1, 0.15) is 18.0 Å². The molecule has 25 heavy (non-hydrogen) atoms. The van der Waals surface area contributed by atoms with Crippen LogP contribution in [-0.4, -0.2) is 56.5 Å². The van der Waals surface area contributed by atoms with Crippen molar-refractivity contribution in [2.75, 3.05) is 11.9 Å². The van der Waals surface area contributed by atoms with Crippen LogP contribution in [-0.2, 0) is 9.53 Å². The highest BCUT2D eigenvalue weighted by Gasteiger charge is 2.59. The van der Waals surface area contributed by atoms with Crippen LogP contribution < -0.4 is 16.7 Å². The number of aromatic nitrogens is 2. The molecule has 4 atom stereocenters. The van der Waals surface area contributed by atoms with E-state index in [0.29, 0.717) is 4.57 Å². The van der Waals surface area contributed by atoms with Crippen LogP contribution in [0.3, 0.4) is 0 Å². The molecule has 1 aromatic rings. The minimum Gasteiger partial charge on any atom is -0.394 e. The van der Waals surface area contributed by atoms with Crippen LogP contribution in [0.15, 0.2) is 17.1 Å². The van der Waals surface area contributed by atoms with Gasteiger partial charge in [0.2, 0.25) is 12.1 Å². The molecular formula is C14H20F2N4O5. The summed E-state index contributed by atoms with van der Waals surface area (Å²) in [6.45, 7) is 2.63. The fraction of sp³-hybridized carbons (Fsp3) is 0.643. The Morgan fingerprint density at radius 1 is 1.56 bits per heavy atom. The van der Waals surface area contributed by atoms with Crippen LogP contribution in [0, 0.1) is 5.92 Å². The van der Waals surface area contributed by atoms with Crippen LogP contribution in [0.25, 0.3) is 0 Å². The molecule has 2 heterocycles. The molecule has 2 rings (SSSR count). The summed E-state index contributed by atoms with van der Waals surface area (Å²) in [4.78, 5) is 27.0. The molecule has 11 heteroatoms. The second-order valence-electron chi connectivity index (χ2n) is 6.10. The van der Waals surface area contributed by atoms with E-state index in [9.17, 15) is 23.5 Å². The van der Waals surface area contributed by atoms with Crippen molar-refractivity contribution in [1.82, 2.24) is 9.55 Å². The first kappa shape index (κ1) is 19.2. The average molecular weight is 362 g/mol. The van der Waals surface area contributed by atoms with E-state index in [1.54, 1.807) is 13.8 Å². The number of anilines is 1. The van der Waals surface area contributed by atoms with Gasteiger partial charge >= 0.3 is 11.6 Å². The first-order valence-electron chi connectivity index (χ1n) is 7.56. The molecule has 0 spiro atoms. The number of nitrogens with one attached hydrogen (secondary N) is 1. The minimum absolute atomic E-state index is 0.0145. The molecule has 0 aliphatic carbocycles. The molecule has 1 aliphatic rings. The van der Waals surface area contributed by atoms with Crippen molar-refractivity contribution < 1.29 is 28.5 Å². The predicted octanol–water partition coefficient (Wildman–Crippen LogP) is -0.949. The molecule has 5 N–H and O–H groups in total. The van der Waals surface area contributed by atoms with Gasteiger partial charge in [-0.05, 0) is 12.0 Å². The molecule has 9 nitrogen and oxygen atoms in total. The van der Waals surface area contributed by atoms with Crippen molar-refractivity contribution in [3.8, 4) is 0 Å². The number of nitrogens with two attached hydrogens (primary N) is 1. The van der Waals surface area contributed by atoms with Crippen LogP contribution in [0.1, 0.15) is 20.1 Å². The number of carbonyl (C=O) groups is 1. The van der Waals surface area contributed by atoms with Crippen molar-refractivity contribution in [3.05, 3.63) is 22.7 Å². The van der Waals surface area contributed by atoms with Crippen molar-refractivity contribution in [3.63, 3.8) is 0 Å². The smallest absolute Gasteiger partial charge is 0.351 e. The van der Waals surface area contributed by atoms with Gasteiger partial charge in [-0.15, -0.1) is 0 Å². The zero-order chi connectivity index (χ0) is 18.9. The van der Waals surface area contributed by atoms with Gasteiger partial charge in [-0.2, -0.15) is 13.8 Å². The van der Waals surface area contributed by atoms with Gasteiger partial charge in [0, 0.05) is 6.20 Å². The Labute approximate surface area is 141 Å². The van der Waals surface area contributed by atoms with Crippen molar-refractivity contribution in [2.45, 2.75) is 44.2 Å². The number of aliphatic hydroxyl groups excluding tert-OH is 2. The van der Waals surface area contributed by atoms with Crippen molar-refractivity contribution >= 4 is 11.7 Å². The first-order valence-corrected chi connectivity index (χ1v) is 7.56. The van der Waals surface area contributed by atoms with Crippen molar-refractivity contribution in [1.29, 1.82) is 0 Å². The van der Waals surface area contributed by atoms with Gasteiger partial charge in [0.25, 0.3) is 0 Å². The Morgan fingerprint density at radius 2 is 2.20 bits per heavy atom. The van der Waals surface area contributed by atoms with E-state index < -0.39 is 48.6 Å². The second kappa shape index (κ2) is 7.02. The monoisotopic (exact) mass is 362 g/mol. The Hall–Kier alpha value is -2.11. The van der Waals surface area contributed by atoms with Gasteiger partial charge in [0.15, 0.2) is 6.10 Å². The number of primary amides is 1. The zero-order valence-electron chi connectivity index (χ0n) is 13.6. The second-order valence-corrected chi connectivity index (χ2v) is 6.10. The summed E-state index contributed by atoms with van der Waals surface area (Å²) in [5, 5.41) is 21.1. The summed E-state index contributed by atoms with van der Waals surface area (Å²) in [5.74, 6) is -4.65. The molecule has 0 radical (unpaired) electrons. The van der Waals surface area contributed by atoms with Crippen LogP contribution >= 0.6 is 0 Å². The largest absolute Gasteiger partial charge is 0.394 e. The number of halogens is 2. The lowest BCUT2D eigenvalue weighted by Crippen LogP contribution is -2.42. The van der Waals surface area contributed by atoms with Crippen molar-refractivity contribution in [2.24, 2.45) is 11.7 Å².